The fourth-order valence-corrected chi connectivity index (χ4v) is 4.31. The lowest BCUT2D eigenvalue weighted by Crippen LogP contribution is -2.14. The van der Waals surface area contributed by atoms with Crippen LogP contribution in [0.5, 0.6) is 5.75 Å². The SMILES string of the molecule is CCOC(=O)C=C(c1ccncc1)n1ccc2cc(OCCc3ccc4c(n3)NCCC4)ccc21. The van der Waals surface area contributed by atoms with Gasteiger partial charge >= 0.3 is 5.97 Å². The molecule has 1 aliphatic heterocycles. The van der Waals surface area contributed by atoms with E-state index in [4.69, 9.17) is 14.5 Å². The normalized spacial score (nSPS) is 13.2. The highest BCUT2D eigenvalue weighted by molar-refractivity contribution is 5.94. The van der Waals surface area contributed by atoms with Gasteiger partial charge < -0.3 is 19.4 Å². The van der Waals surface area contributed by atoms with E-state index in [1.165, 1.54) is 11.6 Å². The molecule has 1 aliphatic rings. The first-order chi connectivity index (χ1) is 17.2. The Morgan fingerprint density at radius 3 is 2.89 bits per heavy atom. The van der Waals surface area contributed by atoms with E-state index >= 15 is 0 Å². The van der Waals surface area contributed by atoms with Gasteiger partial charge in [-0.1, -0.05) is 6.07 Å². The number of hydrogen-bond donors (Lipinski definition) is 1. The number of benzene rings is 1. The molecule has 4 heterocycles. The fraction of sp³-hybridized carbons (Fsp3) is 0.250. The largest absolute Gasteiger partial charge is 0.493 e. The van der Waals surface area contributed by atoms with Crippen LogP contribution in [0.25, 0.3) is 16.6 Å². The predicted octanol–water partition coefficient (Wildman–Crippen LogP) is 4.86. The van der Waals surface area contributed by atoms with Crippen LogP contribution < -0.4 is 10.1 Å². The Hall–Kier alpha value is -4.13. The van der Waals surface area contributed by atoms with Gasteiger partial charge in [-0.05, 0) is 67.8 Å². The molecule has 178 valence electrons. The van der Waals surface area contributed by atoms with E-state index in [2.05, 4.69) is 22.4 Å². The zero-order chi connectivity index (χ0) is 24.0. The molecule has 4 aromatic rings. The molecule has 1 N–H and O–H groups in total. The van der Waals surface area contributed by atoms with Crippen molar-refractivity contribution in [3.8, 4) is 5.75 Å². The van der Waals surface area contributed by atoms with E-state index in [9.17, 15) is 4.79 Å². The molecule has 1 aromatic carbocycles. The maximum absolute atomic E-state index is 12.3. The summed E-state index contributed by atoms with van der Waals surface area (Å²) in [6.07, 6.45) is 9.86. The number of carbonyl (C=O) groups excluding carboxylic acids is 1. The van der Waals surface area contributed by atoms with E-state index in [-0.39, 0.29) is 5.97 Å². The zero-order valence-electron chi connectivity index (χ0n) is 19.7. The van der Waals surface area contributed by atoms with Crippen molar-refractivity contribution in [3.63, 3.8) is 0 Å². The minimum Gasteiger partial charge on any atom is -0.493 e. The third-order valence-electron chi connectivity index (χ3n) is 6.02. The molecule has 0 saturated carbocycles. The van der Waals surface area contributed by atoms with Gasteiger partial charge in [0.1, 0.15) is 11.6 Å². The van der Waals surface area contributed by atoms with E-state index < -0.39 is 0 Å². The van der Waals surface area contributed by atoms with Crippen LogP contribution in [0.3, 0.4) is 0 Å². The number of aryl methyl sites for hydroxylation is 1. The second kappa shape index (κ2) is 10.4. The predicted molar refractivity (Wildman–Crippen MR) is 136 cm³/mol. The first-order valence-corrected chi connectivity index (χ1v) is 12.0. The highest BCUT2D eigenvalue weighted by Gasteiger charge is 2.13. The molecule has 5 rings (SSSR count). The molecular formula is C28H28N4O3. The van der Waals surface area contributed by atoms with Gasteiger partial charge in [-0.25, -0.2) is 9.78 Å². The number of nitrogens with zero attached hydrogens (tertiary/aromatic N) is 3. The summed E-state index contributed by atoms with van der Waals surface area (Å²) in [7, 11) is 0. The lowest BCUT2D eigenvalue weighted by atomic mass is 10.1. The summed E-state index contributed by atoms with van der Waals surface area (Å²) in [5.74, 6) is 1.43. The molecule has 0 saturated heterocycles. The van der Waals surface area contributed by atoms with Crippen molar-refractivity contribution in [2.75, 3.05) is 25.1 Å². The topological polar surface area (TPSA) is 78.3 Å². The molecule has 0 atom stereocenters. The van der Waals surface area contributed by atoms with Crippen LogP contribution >= 0.6 is 0 Å². The molecule has 0 spiro atoms. The third kappa shape index (κ3) is 5.19. The first-order valence-electron chi connectivity index (χ1n) is 12.0. The van der Waals surface area contributed by atoms with Crippen LogP contribution in [0.2, 0.25) is 0 Å². The van der Waals surface area contributed by atoms with Crippen LogP contribution in [0.15, 0.2) is 73.2 Å². The van der Waals surface area contributed by atoms with Crippen molar-refractivity contribution in [2.45, 2.75) is 26.2 Å². The van der Waals surface area contributed by atoms with Crippen molar-refractivity contribution in [2.24, 2.45) is 0 Å². The minimum absolute atomic E-state index is 0.323. The monoisotopic (exact) mass is 468 g/mol. The van der Waals surface area contributed by atoms with Gasteiger partial charge in [0, 0.05) is 54.3 Å². The third-order valence-corrected chi connectivity index (χ3v) is 6.02. The van der Waals surface area contributed by atoms with Gasteiger partial charge in [0.05, 0.1) is 24.4 Å². The molecular weight excluding hydrogens is 440 g/mol. The maximum atomic E-state index is 12.3. The summed E-state index contributed by atoms with van der Waals surface area (Å²) in [6.45, 7) is 3.65. The first kappa shape index (κ1) is 22.7. The summed E-state index contributed by atoms with van der Waals surface area (Å²) in [6, 6.07) is 16.0. The van der Waals surface area contributed by atoms with Crippen molar-refractivity contribution >= 4 is 28.4 Å². The van der Waals surface area contributed by atoms with Gasteiger partial charge in [0.15, 0.2) is 0 Å². The quantitative estimate of drug-likeness (QED) is 0.294. The van der Waals surface area contributed by atoms with E-state index in [0.29, 0.717) is 13.2 Å². The van der Waals surface area contributed by atoms with Crippen LogP contribution in [-0.4, -0.2) is 40.3 Å². The molecule has 0 fully saturated rings. The average molecular weight is 469 g/mol. The van der Waals surface area contributed by atoms with Gasteiger partial charge in [-0.2, -0.15) is 0 Å². The molecule has 0 aliphatic carbocycles. The van der Waals surface area contributed by atoms with Crippen LogP contribution in [0, 0.1) is 0 Å². The molecule has 0 amide bonds. The Morgan fingerprint density at radius 2 is 2.03 bits per heavy atom. The van der Waals surface area contributed by atoms with Gasteiger partial charge in [-0.3, -0.25) is 4.98 Å². The van der Waals surface area contributed by atoms with E-state index in [1.54, 1.807) is 19.3 Å². The Morgan fingerprint density at radius 1 is 1.14 bits per heavy atom. The second-order valence-corrected chi connectivity index (χ2v) is 8.36. The van der Waals surface area contributed by atoms with Crippen molar-refractivity contribution in [1.29, 1.82) is 0 Å². The lowest BCUT2D eigenvalue weighted by molar-refractivity contribution is -0.137. The van der Waals surface area contributed by atoms with Crippen LogP contribution in [-0.2, 0) is 22.4 Å². The van der Waals surface area contributed by atoms with Crippen LogP contribution in [0.1, 0.15) is 30.2 Å². The highest BCUT2D eigenvalue weighted by Crippen LogP contribution is 2.28. The molecule has 0 unspecified atom stereocenters. The Labute approximate surface area is 204 Å². The molecule has 0 radical (unpaired) electrons. The standard InChI is InChI=1S/C28H28N4O3/c1-2-34-27(33)19-26(20-9-14-29-15-10-20)32-16-11-22-18-24(7-8-25(22)32)35-17-12-23-6-5-21-4-3-13-30-28(21)31-23/h5-11,14-16,18-19H,2-4,12-13,17H2,1H3,(H,30,31). The van der Waals surface area contributed by atoms with E-state index in [0.717, 1.165) is 65.2 Å². The maximum Gasteiger partial charge on any atom is 0.332 e. The number of aromatic nitrogens is 3. The second-order valence-electron chi connectivity index (χ2n) is 8.36. The smallest absolute Gasteiger partial charge is 0.332 e. The van der Waals surface area contributed by atoms with Crippen molar-refractivity contribution < 1.29 is 14.3 Å². The molecule has 0 bridgehead atoms. The summed E-state index contributed by atoms with van der Waals surface area (Å²) >= 11 is 0. The number of hydrogen-bond acceptors (Lipinski definition) is 6. The summed E-state index contributed by atoms with van der Waals surface area (Å²) in [5, 5.41) is 4.40. The number of anilines is 1. The number of carbonyl (C=O) groups is 1. The van der Waals surface area contributed by atoms with Crippen molar-refractivity contribution in [1.82, 2.24) is 14.5 Å². The Bertz CT molecular complexity index is 1360. The number of esters is 1. The number of rotatable bonds is 8. The highest BCUT2D eigenvalue weighted by atomic mass is 16.5. The molecule has 7 heteroatoms. The lowest BCUT2D eigenvalue weighted by Gasteiger charge is -2.17. The summed E-state index contributed by atoms with van der Waals surface area (Å²) < 4.78 is 13.2. The van der Waals surface area contributed by atoms with Crippen LogP contribution in [0.4, 0.5) is 5.82 Å². The Kier molecular flexibility index (Phi) is 6.75. The minimum atomic E-state index is -0.382. The zero-order valence-corrected chi connectivity index (χ0v) is 19.7. The van der Waals surface area contributed by atoms with Gasteiger partial charge in [-0.15, -0.1) is 0 Å². The summed E-state index contributed by atoms with van der Waals surface area (Å²) in [5.41, 5.74) is 4.88. The summed E-state index contributed by atoms with van der Waals surface area (Å²) in [4.78, 5) is 21.1. The Balaban J connectivity index is 1.33. The number of nitrogens with one attached hydrogen (secondary N) is 1. The van der Waals surface area contributed by atoms with Gasteiger partial charge in [0.25, 0.3) is 0 Å². The van der Waals surface area contributed by atoms with Crippen molar-refractivity contribution in [3.05, 3.63) is 90.0 Å². The molecule has 3 aromatic heterocycles. The number of pyridine rings is 2. The molecule has 7 nitrogen and oxygen atoms in total. The fourth-order valence-electron chi connectivity index (χ4n) is 4.31. The average Bonchev–Trinajstić information content (AvgIpc) is 3.31. The van der Waals surface area contributed by atoms with E-state index in [1.807, 2.05) is 47.2 Å². The number of ether oxygens (including phenoxy) is 2. The molecule has 35 heavy (non-hydrogen) atoms. The number of fused-ring (bicyclic) bond motifs is 2. The van der Waals surface area contributed by atoms with Gasteiger partial charge in [0.2, 0.25) is 0 Å².